The van der Waals surface area contributed by atoms with Crippen LogP contribution in [0.4, 0.5) is 0 Å². The van der Waals surface area contributed by atoms with Gasteiger partial charge in [-0.2, -0.15) is 0 Å². The van der Waals surface area contributed by atoms with Crippen molar-refractivity contribution in [2.75, 3.05) is 0 Å². The average molecular weight is 246 g/mol. The zero-order chi connectivity index (χ0) is 11.5. The standard InChI is InChI=1S/C9H10O4S2/c1-7-3-5-9(6-4-7)15(11,12)14-13-8(2)10/h3-6H,1-2H3. The van der Waals surface area contributed by atoms with Gasteiger partial charge in [0, 0.05) is 6.92 Å². The molecule has 0 amide bonds. The molecule has 82 valence electrons. The zero-order valence-electron chi connectivity index (χ0n) is 8.26. The van der Waals surface area contributed by atoms with Crippen LogP contribution in [0.5, 0.6) is 0 Å². The van der Waals surface area contributed by atoms with Gasteiger partial charge in [0.15, 0.2) is 11.1 Å². The highest BCUT2D eigenvalue weighted by atomic mass is 33.1. The van der Waals surface area contributed by atoms with Crippen molar-refractivity contribution in [3.63, 3.8) is 0 Å². The maximum absolute atomic E-state index is 11.5. The van der Waals surface area contributed by atoms with Crippen molar-refractivity contribution < 1.29 is 17.4 Å². The first kappa shape index (κ1) is 12.1. The Kier molecular flexibility index (Phi) is 3.76. The third-order valence-electron chi connectivity index (χ3n) is 1.55. The van der Waals surface area contributed by atoms with Gasteiger partial charge in [0.25, 0.3) is 8.87 Å². The molecule has 0 unspecified atom stereocenters. The van der Waals surface area contributed by atoms with E-state index in [9.17, 15) is 13.2 Å². The van der Waals surface area contributed by atoms with E-state index in [1.54, 1.807) is 12.1 Å². The molecule has 0 aliphatic rings. The Bertz CT molecular complexity index is 448. The monoisotopic (exact) mass is 246 g/mol. The fourth-order valence-corrected chi connectivity index (χ4v) is 2.70. The van der Waals surface area contributed by atoms with Gasteiger partial charge in [-0.05, 0) is 19.1 Å². The van der Waals surface area contributed by atoms with Crippen LogP contribution in [-0.4, -0.2) is 14.4 Å². The van der Waals surface area contributed by atoms with Crippen LogP contribution in [0.15, 0.2) is 29.2 Å². The van der Waals surface area contributed by atoms with Crippen molar-refractivity contribution in [3.05, 3.63) is 29.8 Å². The minimum atomic E-state index is -3.60. The fraction of sp³-hybridized carbons (Fsp3) is 0.222. The van der Waals surface area contributed by atoms with Crippen molar-refractivity contribution in [2.45, 2.75) is 18.7 Å². The topological polar surface area (TPSA) is 60.4 Å². The van der Waals surface area contributed by atoms with Crippen molar-refractivity contribution >= 4 is 25.9 Å². The van der Waals surface area contributed by atoms with Crippen LogP contribution in [0.25, 0.3) is 0 Å². The molecule has 0 aromatic heterocycles. The predicted molar refractivity (Wildman–Crippen MR) is 57.7 cm³/mol. The molecular weight excluding hydrogens is 236 g/mol. The highest BCUT2D eigenvalue weighted by molar-refractivity contribution is 8.70. The molecule has 6 heteroatoms. The van der Waals surface area contributed by atoms with Crippen molar-refractivity contribution in [2.24, 2.45) is 0 Å². The van der Waals surface area contributed by atoms with Gasteiger partial charge in [-0.25, -0.2) is 8.42 Å². The Hall–Kier alpha value is -1.01. The van der Waals surface area contributed by atoms with Gasteiger partial charge in [-0.15, -0.1) is 0 Å². The first-order chi connectivity index (χ1) is 6.92. The average Bonchev–Trinajstić information content (AvgIpc) is 2.16. The van der Waals surface area contributed by atoms with E-state index in [1.165, 1.54) is 12.1 Å². The summed E-state index contributed by atoms with van der Waals surface area (Å²) in [5.41, 5.74) is 0.964. The number of carbonyl (C=O) groups is 1. The Morgan fingerprint density at radius 2 is 1.80 bits per heavy atom. The lowest BCUT2D eigenvalue weighted by Crippen LogP contribution is -1.99. The summed E-state index contributed by atoms with van der Waals surface area (Å²) < 4.78 is 27.4. The molecule has 4 nitrogen and oxygen atoms in total. The molecule has 0 radical (unpaired) electrons. The minimum Gasteiger partial charge on any atom is -0.374 e. The van der Waals surface area contributed by atoms with E-state index in [-0.39, 0.29) is 16.0 Å². The molecule has 1 aromatic rings. The third kappa shape index (κ3) is 3.56. The summed E-state index contributed by atoms with van der Waals surface area (Å²) in [6.07, 6.45) is 0. The molecule has 15 heavy (non-hydrogen) atoms. The second-order valence-corrected chi connectivity index (χ2v) is 6.32. The van der Waals surface area contributed by atoms with Gasteiger partial charge in [0.05, 0.1) is 4.90 Å². The minimum absolute atomic E-state index is 0.124. The zero-order valence-corrected chi connectivity index (χ0v) is 9.89. The number of aryl methyl sites for hydroxylation is 1. The fourth-order valence-electron chi connectivity index (χ4n) is 0.837. The normalized spacial score (nSPS) is 11.1. The van der Waals surface area contributed by atoms with Crippen LogP contribution in [0.2, 0.25) is 0 Å². The van der Waals surface area contributed by atoms with Gasteiger partial charge in [0.1, 0.15) is 0 Å². The van der Waals surface area contributed by atoms with Gasteiger partial charge in [-0.3, -0.25) is 4.79 Å². The Morgan fingerprint density at radius 3 is 2.27 bits per heavy atom. The van der Waals surface area contributed by atoms with E-state index in [0.29, 0.717) is 0 Å². The number of hydrogen-bond donors (Lipinski definition) is 0. The van der Waals surface area contributed by atoms with Gasteiger partial charge < -0.3 is 4.18 Å². The number of benzene rings is 1. The first-order valence-corrected chi connectivity index (χ1v) is 6.84. The van der Waals surface area contributed by atoms with Crippen LogP contribution >= 0.6 is 11.1 Å². The van der Waals surface area contributed by atoms with Crippen LogP contribution in [-0.2, 0) is 17.8 Å². The van der Waals surface area contributed by atoms with Crippen molar-refractivity contribution in [1.29, 1.82) is 0 Å². The van der Waals surface area contributed by atoms with E-state index in [0.717, 1.165) is 12.5 Å². The summed E-state index contributed by atoms with van der Waals surface area (Å²) in [7, 11) is -3.60. The number of rotatable bonds is 3. The Labute approximate surface area is 92.2 Å². The van der Waals surface area contributed by atoms with Crippen LogP contribution in [0.1, 0.15) is 12.5 Å². The largest absolute Gasteiger partial charge is 0.374 e. The van der Waals surface area contributed by atoms with Gasteiger partial charge in [-0.1, -0.05) is 17.7 Å². The smallest absolute Gasteiger partial charge is 0.315 e. The molecular formula is C9H10O4S2. The van der Waals surface area contributed by atoms with E-state index in [1.807, 2.05) is 6.92 Å². The molecule has 0 N–H and O–H groups in total. The van der Waals surface area contributed by atoms with E-state index >= 15 is 0 Å². The van der Waals surface area contributed by atoms with Crippen molar-refractivity contribution in [1.82, 2.24) is 0 Å². The summed E-state index contributed by atoms with van der Waals surface area (Å²) in [5, 5.41) is 0. The maximum atomic E-state index is 11.5. The van der Waals surface area contributed by atoms with Gasteiger partial charge >= 0.3 is 5.97 Å². The predicted octanol–water partition coefficient (Wildman–Crippen LogP) is 1.90. The molecule has 0 atom stereocenters. The van der Waals surface area contributed by atoms with Crippen molar-refractivity contribution in [3.8, 4) is 0 Å². The summed E-state index contributed by atoms with van der Waals surface area (Å²) in [6.45, 7) is 3.01. The molecule has 1 rings (SSSR count). The van der Waals surface area contributed by atoms with Crippen LogP contribution in [0.3, 0.4) is 0 Å². The van der Waals surface area contributed by atoms with E-state index in [2.05, 4.69) is 4.18 Å². The SMILES string of the molecule is CC(=O)OSS(=O)(=O)c1ccc(C)cc1. The molecule has 0 aliphatic carbocycles. The molecule has 0 saturated carbocycles. The molecule has 1 aromatic carbocycles. The molecule has 0 spiro atoms. The summed E-state index contributed by atoms with van der Waals surface area (Å²) >= 11 is 0.168. The second kappa shape index (κ2) is 4.67. The number of hydrogen-bond acceptors (Lipinski definition) is 5. The number of carbonyl (C=O) groups excluding carboxylic acids is 1. The van der Waals surface area contributed by atoms with Gasteiger partial charge in [0.2, 0.25) is 0 Å². The third-order valence-corrected chi connectivity index (χ3v) is 4.20. The lowest BCUT2D eigenvalue weighted by molar-refractivity contribution is -0.130. The lowest BCUT2D eigenvalue weighted by Gasteiger charge is -2.02. The molecule has 0 saturated heterocycles. The molecule has 0 fully saturated rings. The van der Waals surface area contributed by atoms with E-state index < -0.39 is 14.8 Å². The maximum Gasteiger partial charge on any atom is 0.315 e. The highest BCUT2D eigenvalue weighted by Crippen LogP contribution is 2.24. The summed E-state index contributed by atoms with van der Waals surface area (Å²) in [5.74, 6) is -0.643. The Morgan fingerprint density at radius 1 is 1.27 bits per heavy atom. The molecule has 0 aliphatic heterocycles. The first-order valence-electron chi connectivity index (χ1n) is 4.10. The van der Waals surface area contributed by atoms with Crippen LogP contribution in [0, 0.1) is 6.92 Å². The lowest BCUT2D eigenvalue weighted by atomic mass is 10.2. The Balaban J connectivity index is 2.87. The summed E-state index contributed by atoms with van der Waals surface area (Å²) in [4.78, 5) is 10.6. The van der Waals surface area contributed by atoms with E-state index in [4.69, 9.17) is 0 Å². The quantitative estimate of drug-likeness (QED) is 0.602. The van der Waals surface area contributed by atoms with Crippen LogP contribution < -0.4 is 0 Å². The molecule has 0 heterocycles. The second-order valence-electron chi connectivity index (χ2n) is 2.91. The molecule has 0 bridgehead atoms. The highest BCUT2D eigenvalue weighted by Gasteiger charge is 2.17. The summed E-state index contributed by atoms with van der Waals surface area (Å²) in [6, 6.07) is 6.31.